The zero-order valence-electron chi connectivity index (χ0n) is 11.8. The molecule has 1 aromatic rings. The highest BCUT2D eigenvalue weighted by molar-refractivity contribution is 5.95. The summed E-state index contributed by atoms with van der Waals surface area (Å²) < 4.78 is 6.82. The number of aromatic nitrogens is 2. The molecule has 0 saturated carbocycles. The fourth-order valence-electron chi connectivity index (χ4n) is 1.88. The summed E-state index contributed by atoms with van der Waals surface area (Å²) in [6.07, 6.45) is 1.20. The fourth-order valence-corrected chi connectivity index (χ4v) is 1.88. The molecule has 1 aliphatic rings. The summed E-state index contributed by atoms with van der Waals surface area (Å²) >= 11 is 0. The van der Waals surface area contributed by atoms with Crippen LogP contribution in [-0.4, -0.2) is 45.4 Å². The van der Waals surface area contributed by atoms with Crippen molar-refractivity contribution in [2.45, 2.75) is 32.4 Å². The van der Waals surface area contributed by atoms with E-state index in [-0.39, 0.29) is 23.5 Å². The maximum Gasteiger partial charge on any atom is 0.410 e. The van der Waals surface area contributed by atoms with Gasteiger partial charge in [-0.25, -0.2) is 4.79 Å². The molecule has 1 fully saturated rings. The summed E-state index contributed by atoms with van der Waals surface area (Å²) in [4.78, 5) is 24.4. The zero-order valence-corrected chi connectivity index (χ0v) is 11.8. The molecule has 0 unspecified atom stereocenters. The van der Waals surface area contributed by atoms with Gasteiger partial charge < -0.3 is 21.1 Å². The second kappa shape index (κ2) is 4.69. The lowest BCUT2D eigenvalue weighted by Crippen LogP contribution is -2.52. The number of carbonyl (C=O) groups is 2. The van der Waals surface area contributed by atoms with Gasteiger partial charge in [0.05, 0.1) is 11.7 Å². The monoisotopic (exact) mass is 281 g/mol. The van der Waals surface area contributed by atoms with Gasteiger partial charge in [-0.05, 0) is 20.8 Å². The van der Waals surface area contributed by atoms with Gasteiger partial charge in [0, 0.05) is 19.3 Å². The number of hydrogen-bond acceptors (Lipinski definition) is 5. The van der Waals surface area contributed by atoms with E-state index in [1.54, 1.807) is 15.8 Å². The van der Waals surface area contributed by atoms with E-state index in [0.717, 1.165) is 0 Å². The maximum absolute atomic E-state index is 11.8. The highest BCUT2D eigenvalue weighted by Crippen LogP contribution is 2.24. The summed E-state index contributed by atoms with van der Waals surface area (Å²) in [6.45, 7) is 6.38. The lowest BCUT2D eigenvalue weighted by molar-refractivity contribution is -0.000443. The minimum absolute atomic E-state index is 0.0158. The first-order chi connectivity index (χ1) is 9.17. The van der Waals surface area contributed by atoms with Crippen molar-refractivity contribution in [1.82, 2.24) is 14.7 Å². The number of nitrogens with two attached hydrogens (primary N) is 2. The molecule has 20 heavy (non-hydrogen) atoms. The Balaban J connectivity index is 1.95. The van der Waals surface area contributed by atoms with Gasteiger partial charge in [-0.2, -0.15) is 5.10 Å². The number of amides is 2. The Kier molecular flexibility index (Phi) is 3.33. The van der Waals surface area contributed by atoms with Crippen LogP contribution in [0.25, 0.3) is 0 Å². The van der Waals surface area contributed by atoms with Crippen molar-refractivity contribution >= 4 is 17.7 Å². The molecular weight excluding hydrogens is 262 g/mol. The number of ether oxygens (including phenoxy) is 1. The summed E-state index contributed by atoms with van der Waals surface area (Å²) in [5, 5.41) is 4.04. The number of nitrogen functional groups attached to an aromatic ring is 1. The van der Waals surface area contributed by atoms with Crippen LogP contribution >= 0.6 is 0 Å². The van der Waals surface area contributed by atoms with Crippen LogP contribution in [0, 0.1) is 0 Å². The molecule has 2 heterocycles. The molecule has 110 valence electrons. The van der Waals surface area contributed by atoms with Gasteiger partial charge in [0.25, 0.3) is 5.91 Å². The van der Waals surface area contributed by atoms with Gasteiger partial charge in [-0.1, -0.05) is 0 Å². The van der Waals surface area contributed by atoms with Crippen LogP contribution in [-0.2, 0) is 4.74 Å². The predicted molar refractivity (Wildman–Crippen MR) is 72.0 cm³/mol. The molecular formula is C12H19N5O3. The van der Waals surface area contributed by atoms with E-state index in [0.29, 0.717) is 13.1 Å². The van der Waals surface area contributed by atoms with Crippen LogP contribution in [0.2, 0.25) is 0 Å². The van der Waals surface area contributed by atoms with E-state index in [9.17, 15) is 9.59 Å². The Morgan fingerprint density at radius 3 is 2.45 bits per heavy atom. The zero-order chi connectivity index (χ0) is 15.1. The lowest BCUT2D eigenvalue weighted by atomic mass is 10.1. The van der Waals surface area contributed by atoms with Crippen molar-refractivity contribution in [3.8, 4) is 0 Å². The topological polar surface area (TPSA) is 116 Å². The molecule has 1 saturated heterocycles. The molecule has 2 amide bonds. The first-order valence-corrected chi connectivity index (χ1v) is 6.30. The van der Waals surface area contributed by atoms with E-state index in [2.05, 4.69) is 5.10 Å². The molecule has 8 heteroatoms. The molecule has 8 nitrogen and oxygen atoms in total. The summed E-state index contributed by atoms with van der Waals surface area (Å²) in [7, 11) is 0. The molecule has 0 atom stereocenters. The predicted octanol–water partition coefficient (Wildman–Crippen LogP) is 0.356. The van der Waals surface area contributed by atoms with Crippen LogP contribution in [0.4, 0.5) is 10.5 Å². The van der Waals surface area contributed by atoms with Gasteiger partial charge in [-0.15, -0.1) is 0 Å². The standard InChI is InChI=1S/C12H19N5O3/c1-12(2,3)20-11(19)16-4-7(5-16)17-6-8(13)9(15-17)10(14)18/h6-7H,4-5,13H2,1-3H3,(H2,14,18). The van der Waals surface area contributed by atoms with E-state index in [4.69, 9.17) is 16.2 Å². The third-order valence-corrected chi connectivity index (χ3v) is 2.88. The van der Waals surface area contributed by atoms with Gasteiger partial charge in [-0.3, -0.25) is 9.48 Å². The summed E-state index contributed by atoms with van der Waals surface area (Å²) in [5.74, 6) is -0.662. The molecule has 2 rings (SSSR count). The second-order valence-electron chi connectivity index (χ2n) is 5.82. The molecule has 0 aliphatic carbocycles. The minimum Gasteiger partial charge on any atom is -0.444 e. The van der Waals surface area contributed by atoms with E-state index in [1.165, 1.54) is 0 Å². The molecule has 4 N–H and O–H groups in total. The first kappa shape index (κ1) is 14.2. The smallest absolute Gasteiger partial charge is 0.410 e. The van der Waals surface area contributed by atoms with Crippen molar-refractivity contribution in [1.29, 1.82) is 0 Å². The molecule has 0 aromatic carbocycles. The molecule has 0 radical (unpaired) electrons. The van der Waals surface area contributed by atoms with Gasteiger partial charge >= 0.3 is 6.09 Å². The Labute approximate surface area is 116 Å². The third kappa shape index (κ3) is 2.84. The number of rotatable bonds is 2. The Morgan fingerprint density at radius 1 is 1.40 bits per heavy atom. The molecule has 0 bridgehead atoms. The van der Waals surface area contributed by atoms with Crippen molar-refractivity contribution in [3.63, 3.8) is 0 Å². The third-order valence-electron chi connectivity index (χ3n) is 2.88. The number of likely N-dealkylation sites (tertiary alicyclic amines) is 1. The number of anilines is 1. The van der Waals surface area contributed by atoms with Crippen molar-refractivity contribution in [2.24, 2.45) is 5.73 Å². The van der Waals surface area contributed by atoms with Gasteiger partial charge in [0.15, 0.2) is 5.69 Å². The summed E-state index contributed by atoms with van der Waals surface area (Å²) in [6, 6.07) is -0.0158. The average molecular weight is 281 g/mol. The molecule has 1 aliphatic heterocycles. The normalized spacial score (nSPS) is 15.8. The quantitative estimate of drug-likeness (QED) is 0.811. The Morgan fingerprint density at radius 2 is 2.00 bits per heavy atom. The van der Waals surface area contributed by atoms with Crippen LogP contribution in [0.3, 0.4) is 0 Å². The number of nitrogens with zero attached hydrogens (tertiary/aromatic N) is 3. The van der Waals surface area contributed by atoms with Gasteiger partial charge in [0.1, 0.15) is 5.60 Å². The number of hydrogen-bond donors (Lipinski definition) is 2. The van der Waals surface area contributed by atoms with Crippen LogP contribution in [0.1, 0.15) is 37.3 Å². The van der Waals surface area contributed by atoms with E-state index >= 15 is 0 Å². The van der Waals surface area contributed by atoms with Crippen molar-refractivity contribution < 1.29 is 14.3 Å². The van der Waals surface area contributed by atoms with E-state index in [1.807, 2.05) is 20.8 Å². The van der Waals surface area contributed by atoms with Crippen LogP contribution in [0.15, 0.2) is 6.20 Å². The Hall–Kier alpha value is -2.25. The number of primary amides is 1. The minimum atomic E-state index is -0.662. The first-order valence-electron chi connectivity index (χ1n) is 6.30. The molecule has 0 spiro atoms. The fraction of sp³-hybridized carbons (Fsp3) is 0.583. The van der Waals surface area contributed by atoms with Gasteiger partial charge in [0.2, 0.25) is 0 Å². The van der Waals surface area contributed by atoms with Crippen LogP contribution < -0.4 is 11.5 Å². The van der Waals surface area contributed by atoms with E-state index < -0.39 is 11.5 Å². The summed E-state index contributed by atoms with van der Waals surface area (Å²) in [5.41, 5.74) is 10.6. The molecule has 1 aromatic heterocycles. The second-order valence-corrected chi connectivity index (χ2v) is 5.82. The SMILES string of the molecule is CC(C)(C)OC(=O)N1CC(n2cc(N)c(C(N)=O)n2)C1. The highest BCUT2D eigenvalue weighted by Gasteiger charge is 2.35. The van der Waals surface area contributed by atoms with Crippen molar-refractivity contribution in [2.75, 3.05) is 18.8 Å². The largest absolute Gasteiger partial charge is 0.444 e. The lowest BCUT2D eigenvalue weighted by Gasteiger charge is -2.39. The highest BCUT2D eigenvalue weighted by atomic mass is 16.6. The number of carbonyl (C=O) groups excluding carboxylic acids is 2. The average Bonchev–Trinajstić information content (AvgIpc) is 2.54. The van der Waals surface area contributed by atoms with Crippen molar-refractivity contribution in [3.05, 3.63) is 11.9 Å². The van der Waals surface area contributed by atoms with Crippen LogP contribution in [0.5, 0.6) is 0 Å². The Bertz CT molecular complexity index is 540. The maximum atomic E-state index is 11.8.